The zero-order chi connectivity index (χ0) is 16.5. The summed E-state index contributed by atoms with van der Waals surface area (Å²) < 4.78 is 0. The Labute approximate surface area is 136 Å². The van der Waals surface area contributed by atoms with Gasteiger partial charge in [-0.05, 0) is 36.5 Å². The summed E-state index contributed by atoms with van der Waals surface area (Å²) in [6.45, 7) is 11.4. The first kappa shape index (κ1) is 16.9. The molecule has 1 atom stereocenters. The van der Waals surface area contributed by atoms with Crippen LogP contribution in [-0.4, -0.2) is 35.2 Å². The lowest BCUT2D eigenvalue weighted by Crippen LogP contribution is -2.38. The molecule has 1 N–H and O–H groups in total. The van der Waals surface area contributed by atoms with Crippen LogP contribution in [0.1, 0.15) is 38.8 Å². The minimum atomic E-state index is -0.280. The molecule has 3 amide bonds. The maximum Gasteiger partial charge on any atom is 0.324 e. The van der Waals surface area contributed by atoms with Gasteiger partial charge in [-0.15, -0.1) is 11.8 Å². The van der Waals surface area contributed by atoms with Crippen molar-refractivity contribution < 1.29 is 9.59 Å². The van der Waals surface area contributed by atoms with Gasteiger partial charge < -0.3 is 5.32 Å². The average Bonchev–Trinajstić information content (AvgIpc) is 2.85. The fourth-order valence-electron chi connectivity index (χ4n) is 2.34. The Bertz CT molecular complexity index is 593. The monoisotopic (exact) mass is 320 g/mol. The van der Waals surface area contributed by atoms with E-state index in [1.165, 1.54) is 22.2 Å². The molecular weight excluding hydrogens is 296 g/mol. The van der Waals surface area contributed by atoms with Crippen molar-refractivity contribution in [1.29, 1.82) is 0 Å². The second kappa shape index (κ2) is 6.32. The highest BCUT2D eigenvalue weighted by molar-refractivity contribution is 8.00. The highest BCUT2D eigenvalue weighted by atomic mass is 32.2. The third-order valence-corrected chi connectivity index (χ3v) is 5.08. The van der Waals surface area contributed by atoms with E-state index in [2.05, 4.69) is 51.2 Å². The minimum absolute atomic E-state index is 0.0745. The Morgan fingerprint density at radius 2 is 2.05 bits per heavy atom. The molecule has 1 fully saturated rings. The molecule has 1 saturated heterocycles. The summed E-state index contributed by atoms with van der Waals surface area (Å²) in [5, 5.41) is 2.39. The van der Waals surface area contributed by atoms with Gasteiger partial charge in [0.1, 0.15) is 0 Å². The highest BCUT2D eigenvalue weighted by Crippen LogP contribution is 2.32. The van der Waals surface area contributed by atoms with E-state index >= 15 is 0 Å². The van der Waals surface area contributed by atoms with Gasteiger partial charge in [-0.3, -0.25) is 9.69 Å². The van der Waals surface area contributed by atoms with Gasteiger partial charge in [-0.25, -0.2) is 4.79 Å². The number of imide groups is 1. The van der Waals surface area contributed by atoms with Crippen molar-refractivity contribution >= 4 is 23.7 Å². The summed E-state index contributed by atoms with van der Waals surface area (Å²) in [6.07, 6.45) is 0. The third kappa shape index (κ3) is 3.64. The fourth-order valence-corrected chi connectivity index (χ4v) is 3.39. The molecule has 1 aromatic rings. The van der Waals surface area contributed by atoms with Crippen molar-refractivity contribution in [3.8, 4) is 0 Å². The number of rotatable bonds is 3. The molecule has 0 aromatic heterocycles. The molecule has 22 heavy (non-hydrogen) atoms. The molecule has 0 radical (unpaired) electrons. The van der Waals surface area contributed by atoms with Gasteiger partial charge in [0.15, 0.2) is 0 Å². The van der Waals surface area contributed by atoms with Crippen LogP contribution in [0.15, 0.2) is 23.1 Å². The van der Waals surface area contributed by atoms with E-state index in [1.54, 1.807) is 0 Å². The smallest absolute Gasteiger partial charge is 0.324 e. The summed E-state index contributed by atoms with van der Waals surface area (Å²) in [6, 6.07) is 6.12. The molecule has 1 aliphatic heterocycles. The van der Waals surface area contributed by atoms with E-state index in [0.717, 1.165) is 10.5 Å². The van der Waals surface area contributed by atoms with Crippen LogP contribution in [-0.2, 0) is 10.2 Å². The van der Waals surface area contributed by atoms with E-state index in [9.17, 15) is 9.59 Å². The maximum atomic E-state index is 12.4. The van der Waals surface area contributed by atoms with Crippen LogP contribution >= 0.6 is 11.8 Å². The first-order valence-corrected chi connectivity index (χ1v) is 8.45. The van der Waals surface area contributed by atoms with Crippen LogP contribution in [0.5, 0.6) is 0 Å². The Kier molecular flexibility index (Phi) is 4.85. The zero-order valence-corrected chi connectivity index (χ0v) is 14.7. The lowest BCUT2D eigenvalue weighted by molar-refractivity contribution is -0.126. The molecule has 0 bridgehead atoms. The topological polar surface area (TPSA) is 49.4 Å². The highest BCUT2D eigenvalue weighted by Gasteiger charge is 2.30. The van der Waals surface area contributed by atoms with E-state index in [1.807, 2.05) is 6.92 Å². The molecule has 1 aliphatic rings. The molecule has 1 aromatic carbocycles. The summed E-state index contributed by atoms with van der Waals surface area (Å²) in [5.41, 5.74) is 2.48. The van der Waals surface area contributed by atoms with Crippen LogP contribution in [0.4, 0.5) is 4.79 Å². The fraction of sp³-hybridized carbons (Fsp3) is 0.529. The van der Waals surface area contributed by atoms with Crippen molar-refractivity contribution in [2.24, 2.45) is 0 Å². The number of urea groups is 1. The average molecular weight is 320 g/mol. The molecule has 0 spiro atoms. The lowest BCUT2D eigenvalue weighted by Gasteiger charge is -2.22. The molecule has 5 heteroatoms. The summed E-state index contributed by atoms with van der Waals surface area (Å²) in [5.74, 6) is -0.124. The number of amides is 3. The van der Waals surface area contributed by atoms with Gasteiger partial charge >= 0.3 is 6.03 Å². The predicted molar refractivity (Wildman–Crippen MR) is 90.3 cm³/mol. The number of carbonyl (C=O) groups excluding carboxylic acids is 2. The van der Waals surface area contributed by atoms with Crippen LogP contribution in [0.3, 0.4) is 0 Å². The van der Waals surface area contributed by atoms with Crippen LogP contribution in [0.2, 0.25) is 0 Å². The molecule has 1 heterocycles. The molecule has 0 saturated carbocycles. The Hall–Kier alpha value is -1.49. The van der Waals surface area contributed by atoms with E-state index in [4.69, 9.17) is 0 Å². The molecule has 0 unspecified atom stereocenters. The molecule has 120 valence electrons. The van der Waals surface area contributed by atoms with Gasteiger partial charge in [0, 0.05) is 18.0 Å². The normalized spacial score (nSPS) is 16.6. The van der Waals surface area contributed by atoms with Crippen molar-refractivity contribution in [3.05, 3.63) is 29.3 Å². The van der Waals surface area contributed by atoms with Gasteiger partial charge in [0.2, 0.25) is 5.91 Å². The van der Waals surface area contributed by atoms with Gasteiger partial charge in [-0.1, -0.05) is 32.9 Å². The van der Waals surface area contributed by atoms with Gasteiger partial charge in [-0.2, -0.15) is 0 Å². The standard InChI is InChI=1S/C17H24N2O2S/c1-11-6-7-13(17(3,4)5)10-14(11)22-12(2)15(20)19-9-8-18-16(19)21/h6-7,10,12H,8-9H2,1-5H3,(H,18,21)/t12-/m1/s1. The zero-order valence-electron chi connectivity index (χ0n) is 13.9. The second-order valence-electron chi connectivity index (χ2n) is 6.71. The first-order valence-electron chi connectivity index (χ1n) is 7.57. The minimum Gasteiger partial charge on any atom is -0.336 e. The SMILES string of the molecule is Cc1ccc(C(C)(C)C)cc1S[C@H](C)C(=O)N1CCNC1=O. The lowest BCUT2D eigenvalue weighted by atomic mass is 9.87. The van der Waals surface area contributed by atoms with E-state index in [-0.39, 0.29) is 22.6 Å². The number of benzene rings is 1. The van der Waals surface area contributed by atoms with Crippen LogP contribution in [0, 0.1) is 6.92 Å². The number of nitrogens with zero attached hydrogens (tertiary/aromatic N) is 1. The van der Waals surface area contributed by atoms with E-state index in [0.29, 0.717) is 13.1 Å². The molecule has 4 nitrogen and oxygen atoms in total. The maximum absolute atomic E-state index is 12.4. The first-order chi connectivity index (χ1) is 10.2. The van der Waals surface area contributed by atoms with Crippen molar-refractivity contribution in [2.45, 2.75) is 50.2 Å². The van der Waals surface area contributed by atoms with Gasteiger partial charge in [0.05, 0.1) is 5.25 Å². The van der Waals surface area contributed by atoms with Crippen molar-refractivity contribution in [3.63, 3.8) is 0 Å². The summed E-state index contributed by atoms with van der Waals surface area (Å²) in [4.78, 5) is 26.4. The number of hydrogen-bond donors (Lipinski definition) is 1. The van der Waals surface area contributed by atoms with Crippen LogP contribution in [0.25, 0.3) is 0 Å². The summed E-state index contributed by atoms with van der Waals surface area (Å²) >= 11 is 1.53. The molecular formula is C17H24N2O2S. The second-order valence-corrected chi connectivity index (χ2v) is 8.09. The Morgan fingerprint density at radius 1 is 1.36 bits per heavy atom. The third-order valence-electron chi connectivity index (χ3n) is 3.83. The Morgan fingerprint density at radius 3 is 2.59 bits per heavy atom. The van der Waals surface area contributed by atoms with E-state index < -0.39 is 0 Å². The molecule has 0 aliphatic carbocycles. The summed E-state index contributed by atoms with van der Waals surface area (Å²) in [7, 11) is 0. The van der Waals surface area contributed by atoms with Crippen LogP contribution < -0.4 is 5.32 Å². The number of nitrogens with one attached hydrogen (secondary N) is 1. The van der Waals surface area contributed by atoms with Gasteiger partial charge in [0.25, 0.3) is 0 Å². The number of aryl methyl sites for hydroxylation is 1. The largest absolute Gasteiger partial charge is 0.336 e. The Balaban J connectivity index is 2.16. The number of carbonyl (C=O) groups is 2. The van der Waals surface area contributed by atoms with Crippen molar-refractivity contribution in [2.75, 3.05) is 13.1 Å². The predicted octanol–water partition coefficient (Wildman–Crippen LogP) is 3.32. The number of hydrogen-bond acceptors (Lipinski definition) is 3. The quantitative estimate of drug-likeness (QED) is 0.869. The molecule has 2 rings (SSSR count). The number of thioether (sulfide) groups is 1. The van der Waals surface area contributed by atoms with Crippen molar-refractivity contribution in [1.82, 2.24) is 10.2 Å².